The SMILES string of the molecule is CC(=O)CC(NC(=O)C1C[C@@H](O)CN1C(=O)c1c[nH]c2ccccc12)C(C)=O. The summed E-state index contributed by atoms with van der Waals surface area (Å²) in [5.74, 6) is -1.48. The van der Waals surface area contributed by atoms with Crippen molar-refractivity contribution in [2.24, 2.45) is 0 Å². The van der Waals surface area contributed by atoms with Crippen molar-refractivity contribution in [1.29, 1.82) is 0 Å². The van der Waals surface area contributed by atoms with Crippen LogP contribution in [-0.4, -0.2) is 63.1 Å². The molecule has 0 spiro atoms. The Morgan fingerprint density at radius 1 is 1.25 bits per heavy atom. The number of aromatic nitrogens is 1. The molecule has 1 aliphatic rings. The summed E-state index contributed by atoms with van der Waals surface area (Å²) in [6, 6.07) is 5.46. The lowest BCUT2D eigenvalue weighted by Gasteiger charge is -2.25. The van der Waals surface area contributed by atoms with Gasteiger partial charge in [0.05, 0.1) is 17.7 Å². The Bertz CT molecular complexity index is 935. The highest BCUT2D eigenvalue weighted by molar-refractivity contribution is 6.08. The zero-order chi connectivity index (χ0) is 20.4. The van der Waals surface area contributed by atoms with E-state index in [0.29, 0.717) is 5.56 Å². The van der Waals surface area contributed by atoms with Gasteiger partial charge in [0.2, 0.25) is 5.91 Å². The molecule has 3 atom stereocenters. The number of aliphatic hydroxyl groups is 1. The van der Waals surface area contributed by atoms with Crippen molar-refractivity contribution in [3.63, 3.8) is 0 Å². The predicted octanol–water partition coefficient (Wildman–Crippen LogP) is 0.796. The third-order valence-corrected chi connectivity index (χ3v) is 4.96. The van der Waals surface area contributed by atoms with E-state index in [0.717, 1.165) is 10.9 Å². The van der Waals surface area contributed by atoms with E-state index < -0.39 is 24.1 Å². The van der Waals surface area contributed by atoms with Crippen molar-refractivity contribution < 1.29 is 24.3 Å². The Kier molecular flexibility index (Phi) is 5.60. The number of fused-ring (bicyclic) bond motifs is 1. The fourth-order valence-electron chi connectivity index (χ4n) is 3.54. The minimum absolute atomic E-state index is 0.0217. The molecule has 8 nitrogen and oxygen atoms in total. The Labute approximate surface area is 161 Å². The quantitative estimate of drug-likeness (QED) is 0.679. The third-order valence-electron chi connectivity index (χ3n) is 4.96. The van der Waals surface area contributed by atoms with Crippen LogP contribution in [0, 0.1) is 0 Å². The molecular weight excluding hydrogens is 362 g/mol. The number of carbonyl (C=O) groups is 4. The molecule has 1 aromatic carbocycles. The van der Waals surface area contributed by atoms with Crippen LogP contribution in [0.1, 0.15) is 37.0 Å². The number of carbonyl (C=O) groups excluding carboxylic acids is 4. The molecule has 0 saturated carbocycles. The number of benzene rings is 1. The van der Waals surface area contributed by atoms with E-state index in [1.165, 1.54) is 18.7 Å². The number of nitrogens with zero attached hydrogens (tertiary/aromatic N) is 1. The lowest BCUT2D eigenvalue weighted by atomic mass is 10.1. The van der Waals surface area contributed by atoms with Crippen molar-refractivity contribution in [3.8, 4) is 0 Å². The summed E-state index contributed by atoms with van der Waals surface area (Å²) >= 11 is 0. The summed E-state index contributed by atoms with van der Waals surface area (Å²) in [5, 5.41) is 13.3. The number of aliphatic hydroxyl groups excluding tert-OH is 1. The van der Waals surface area contributed by atoms with Crippen LogP contribution in [0.2, 0.25) is 0 Å². The van der Waals surface area contributed by atoms with Crippen LogP contribution in [0.15, 0.2) is 30.5 Å². The molecule has 1 aliphatic heterocycles. The average Bonchev–Trinajstić information content (AvgIpc) is 3.23. The zero-order valence-electron chi connectivity index (χ0n) is 15.8. The standard InChI is InChI=1S/C20H23N3O5/c1-11(24)7-17(12(2)25)22-19(27)18-8-13(26)10-23(18)20(28)15-9-21-16-6-4-3-5-14(15)16/h3-6,9,13,17-18,21,26H,7-8,10H2,1-2H3,(H,22,27)/t13-,17?,18?/m1/s1. The lowest BCUT2D eigenvalue weighted by Crippen LogP contribution is -2.50. The number of aromatic amines is 1. The molecule has 148 valence electrons. The van der Waals surface area contributed by atoms with Crippen LogP contribution in [0.25, 0.3) is 10.9 Å². The van der Waals surface area contributed by atoms with E-state index in [9.17, 15) is 24.3 Å². The van der Waals surface area contributed by atoms with Crippen LogP contribution in [-0.2, 0) is 14.4 Å². The fraction of sp³-hybridized carbons (Fsp3) is 0.400. The van der Waals surface area contributed by atoms with Gasteiger partial charge in [-0.25, -0.2) is 0 Å². The summed E-state index contributed by atoms with van der Waals surface area (Å²) in [7, 11) is 0. The first-order valence-corrected chi connectivity index (χ1v) is 9.13. The molecule has 3 rings (SSSR count). The Morgan fingerprint density at radius 3 is 2.64 bits per heavy atom. The Hall–Kier alpha value is -3.00. The third kappa shape index (κ3) is 3.96. The monoisotopic (exact) mass is 385 g/mol. The number of rotatable bonds is 6. The smallest absolute Gasteiger partial charge is 0.256 e. The number of para-hydroxylation sites is 1. The molecule has 1 aromatic heterocycles. The predicted molar refractivity (Wildman–Crippen MR) is 102 cm³/mol. The number of amides is 2. The summed E-state index contributed by atoms with van der Waals surface area (Å²) in [6.07, 6.45) is 0.714. The van der Waals surface area contributed by atoms with E-state index in [1.807, 2.05) is 18.2 Å². The Balaban J connectivity index is 1.82. The van der Waals surface area contributed by atoms with Crippen LogP contribution >= 0.6 is 0 Å². The van der Waals surface area contributed by atoms with E-state index in [1.54, 1.807) is 12.3 Å². The molecule has 2 heterocycles. The maximum Gasteiger partial charge on any atom is 0.256 e. The first-order chi connectivity index (χ1) is 13.3. The minimum Gasteiger partial charge on any atom is -0.391 e. The molecule has 0 radical (unpaired) electrons. The van der Waals surface area contributed by atoms with Crippen molar-refractivity contribution in [3.05, 3.63) is 36.0 Å². The molecule has 8 heteroatoms. The van der Waals surface area contributed by atoms with Crippen LogP contribution in [0.4, 0.5) is 0 Å². The number of Topliss-reactive ketones (excluding diaryl/α,β-unsaturated/α-hetero) is 2. The van der Waals surface area contributed by atoms with Gasteiger partial charge in [0.25, 0.3) is 5.91 Å². The van der Waals surface area contributed by atoms with Crippen molar-refractivity contribution in [1.82, 2.24) is 15.2 Å². The summed E-state index contributed by atoms with van der Waals surface area (Å²) in [5.41, 5.74) is 1.21. The molecule has 0 bridgehead atoms. The van der Waals surface area contributed by atoms with Gasteiger partial charge in [-0.05, 0) is 19.9 Å². The van der Waals surface area contributed by atoms with Gasteiger partial charge < -0.3 is 20.3 Å². The van der Waals surface area contributed by atoms with Gasteiger partial charge in [0, 0.05) is 36.5 Å². The molecule has 1 fully saturated rings. The van der Waals surface area contributed by atoms with Crippen molar-refractivity contribution >= 4 is 34.3 Å². The van der Waals surface area contributed by atoms with Gasteiger partial charge in [-0.15, -0.1) is 0 Å². The normalized spacial score (nSPS) is 20.2. The largest absolute Gasteiger partial charge is 0.391 e. The minimum atomic E-state index is -0.937. The number of H-pyrrole nitrogens is 1. The first-order valence-electron chi connectivity index (χ1n) is 9.13. The van der Waals surface area contributed by atoms with Gasteiger partial charge in [-0.3, -0.25) is 19.2 Å². The average molecular weight is 385 g/mol. The van der Waals surface area contributed by atoms with Crippen molar-refractivity contribution in [2.45, 2.75) is 44.9 Å². The van der Waals surface area contributed by atoms with E-state index in [-0.39, 0.29) is 36.9 Å². The van der Waals surface area contributed by atoms with E-state index >= 15 is 0 Å². The second-order valence-electron chi connectivity index (χ2n) is 7.19. The molecule has 1 saturated heterocycles. The number of β-amino-alcohol motifs (C(OH)–C–C–N with tert-alkyl or cyclic N) is 1. The van der Waals surface area contributed by atoms with Gasteiger partial charge in [0.1, 0.15) is 11.8 Å². The summed E-state index contributed by atoms with van der Waals surface area (Å²) < 4.78 is 0. The summed E-state index contributed by atoms with van der Waals surface area (Å²) in [6.45, 7) is 2.66. The lowest BCUT2D eigenvalue weighted by molar-refractivity contribution is -0.130. The van der Waals surface area contributed by atoms with E-state index in [4.69, 9.17) is 0 Å². The highest BCUT2D eigenvalue weighted by Gasteiger charge is 2.40. The number of ketones is 2. The van der Waals surface area contributed by atoms with Crippen LogP contribution < -0.4 is 5.32 Å². The van der Waals surface area contributed by atoms with Crippen LogP contribution in [0.3, 0.4) is 0 Å². The summed E-state index contributed by atoms with van der Waals surface area (Å²) in [4.78, 5) is 53.3. The van der Waals surface area contributed by atoms with Gasteiger partial charge >= 0.3 is 0 Å². The Morgan fingerprint density at radius 2 is 1.96 bits per heavy atom. The first kappa shape index (κ1) is 19.8. The van der Waals surface area contributed by atoms with E-state index in [2.05, 4.69) is 10.3 Å². The molecule has 2 amide bonds. The molecular formula is C20H23N3O5. The maximum atomic E-state index is 13.1. The fourth-order valence-corrected chi connectivity index (χ4v) is 3.54. The number of hydrogen-bond donors (Lipinski definition) is 3. The maximum absolute atomic E-state index is 13.1. The second kappa shape index (κ2) is 7.93. The highest BCUT2D eigenvalue weighted by Crippen LogP contribution is 2.25. The van der Waals surface area contributed by atoms with Gasteiger partial charge in [-0.1, -0.05) is 18.2 Å². The topological polar surface area (TPSA) is 120 Å². The number of hydrogen-bond acceptors (Lipinski definition) is 5. The highest BCUT2D eigenvalue weighted by atomic mass is 16.3. The number of nitrogens with one attached hydrogen (secondary N) is 2. The van der Waals surface area contributed by atoms with Crippen molar-refractivity contribution in [2.75, 3.05) is 6.54 Å². The molecule has 3 N–H and O–H groups in total. The zero-order valence-corrected chi connectivity index (χ0v) is 15.8. The second-order valence-corrected chi connectivity index (χ2v) is 7.19. The molecule has 2 aromatic rings. The van der Waals surface area contributed by atoms with Crippen LogP contribution in [0.5, 0.6) is 0 Å². The number of likely N-dealkylation sites (tertiary alicyclic amines) is 1. The molecule has 28 heavy (non-hydrogen) atoms. The molecule has 0 aliphatic carbocycles. The van der Waals surface area contributed by atoms with Gasteiger partial charge in [0.15, 0.2) is 5.78 Å². The van der Waals surface area contributed by atoms with Gasteiger partial charge in [-0.2, -0.15) is 0 Å². The molecule has 2 unspecified atom stereocenters.